The van der Waals surface area contributed by atoms with Crippen molar-refractivity contribution in [3.05, 3.63) is 35.4 Å². The molecule has 19 heavy (non-hydrogen) atoms. The number of piperidine rings is 1. The molecular weight excluding hydrogens is 250 g/mol. The average Bonchev–Trinajstić information content (AvgIpc) is 2.37. The number of hydrogen-bond acceptors (Lipinski definition) is 2. The Hall–Kier alpha value is -1.49. The van der Waals surface area contributed by atoms with E-state index in [1.54, 1.807) is 38.4 Å². The number of amides is 1. The molecule has 0 aromatic heterocycles. The van der Waals surface area contributed by atoms with Crippen molar-refractivity contribution in [1.29, 1.82) is 0 Å². The lowest BCUT2D eigenvalue weighted by Gasteiger charge is -2.32. The summed E-state index contributed by atoms with van der Waals surface area (Å²) in [5, 5.41) is 2.71. The zero-order valence-corrected chi connectivity index (χ0v) is 11.1. The molecule has 1 heterocycles. The standard InChI is InChI=1S/C14H18F2N2O/c1-18(2)13(19)11-5-3-10(4-6-11)12-7-8-17-9-14(12,15)16/h3-6,12,17H,7-9H2,1-2H3/t12-/m1/s1. The third kappa shape index (κ3) is 2.92. The molecule has 0 radical (unpaired) electrons. The van der Waals surface area contributed by atoms with Crippen LogP contribution in [0.3, 0.4) is 0 Å². The molecule has 2 rings (SSSR count). The van der Waals surface area contributed by atoms with E-state index in [1.807, 2.05) is 0 Å². The number of alkyl halides is 2. The molecule has 1 fully saturated rings. The van der Waals surface area contributed by atoms with Gasteiger partial charge in [0, 0.05) is 19.7 Å². The van der Waals surface area contributed by atoms with Crippen molar-refractivity contribution in [2.75, 3.05) is 27.2 Å². The van der Waals surface area contributed by atoms with E-state index in [0.717, 1.165) is 0 Å². The summed E-state index contributed by atoms with van der Waals surface area (Å²) in [7, 11) is 3.33. The molecule has 1 saturated heterocycles. The molecule has 1 atom stereocenters. The van der Waals surface area contributed by atoms with Gasteiger partial charge in [0.1, 0.15) is 0 Å². The second-order valence-corrected chi connectivity index (χ2v) is 5.10. The Labute approximate surface area is 111 Å². The van der Waals surface area contributed by atoms with E-state index in [9.17, 15) is 13.6 Å². The summed E-state index contributed by atoms with van der Waals surface area (Å²) in [6.45, 7) is 0.314. The molecular formula is C14H18F2N2O. The third-order valence-electron chi connectivity index (χ3n) is 3.45. The number of halogens is 2. The van der Waals surface area contributed by atoms with Gasteiger partial charge in [0.2, 0.25) is 0 Å². The Morgan fingerprint density at radius 1 is 1.32 bits per heavy atom. The number of nitrogens with zero attached hydrogens (tertiary/aromatic N) is 1. The zero-order chi connectivity index (χ0) is 14.0. The lowest BCUT2D eigenvalue weighted by Crippen LogP contribution is -2.44. The minimum Gasteiger partial charge on any atom is -0.345 e. The van der Waals surface area contributed by atoms with Gasteiger partial charge in [-0.15, -0.1) is 0 Å². The van der Waals surface area contributed by atoms with Crippen LogP contribution in [0.1, 0.15) is 28.3 Å². The van der Waals surface area contributed by atoms with E-state index < -0.39 is 11.8 Å². The molecule has 0 saturated carbocycles. The SMILES string of the molecule is CN(C)C(=O)c1ccc([C@H]2CCNCC2(F)F)cc1. The summed E-state index contributed by atoms with van der Waals surface area (Å²) in [6.07, 6.45) is 0.411. The number of nitrogens with one attached hydrogen (secondary N) is 1. The van der Waals surface area contributed by atoms with Gasteiger partial charge < -0.3 is 10.2 Å². The predicted octanol–water partition coefficient (Wildman–Crippen LogP) is 2.10. The van der Waals surface area contributed by atoms with Crippen molar-refractivity contribution in [3.63, 3.8) is 0 Å². The molecule has 0 aliphatic carbocycles. The first-order chi connectivity index (χ1) is 8.92. The van der Waals surface area contributed by atoms with E-state index in [-0.39, 0.29) is 12.5 Å². The minimum absolute atomic E-state index is 0.122. The normalized spacial score (nSPS) is 22.0. The maximum Gasteiger partial charge on any atom is 0.267 e. The van der Waals surface area contributed by atoms with E-state index in [1.165, 1.54) is 4.90 Å². The van der Waals surface area contributed by atoms with E-state index in [0.29, 0.717) is 24.1 Å². The van der Waals surface area contributed by atoms with Crippen LogP contribution in [0.2, 0.25) is 0 Å². The van der Waals surface area contributed by atoms with Crippen LogP contribution in [0, 0.1) is 0 Å². The molecule has 1 amide bonds. The van der Waals surface area contributed by atoms with Gasteiger partial charge in [-0.25, -0.2) is 8.78 Å². The van der Waals surface area contributed by atoms with Crippen molar-refractivity contribution in [2.24, 2.45) is 0 Å². The van der Waals surface area contributed by atoms with Crippen molar-refractivity contribution in [3.8, 4) is 0 Å². The zero-order valence-electron chi connectivity index (χ0n) is 11.1. The van der Waals surface area contributed by atoms with Gasteiger partial charge in [-0.3, -0.25) is 4.79 Å². The molecule has 1 N–H and O–H groups in total. The van der Waals surface area contributed by atoms with Crippen LogP contribution in [-0.2, 0) is 0 Å². The smallest absolute Gasteiger partial charge is 0.267 e. The largest absolute Gasteiger partial charge is 0.345 e. The second-order valence-electron chi connectivity index (χ2n) is 5.10. The number of benzene rings is 1. The highest BCUT2D eigenvalue weighted by molar-refractivity contribution is 5.93. The van der Waals surface area contributed by atoms with Crippen LogP contribution in [0.15, 0.2) is 24.3 Å². The Kier molecular flexibility index (Phi) is 3.85. The number of carbonyl (C=O) groups excluding carboxylic acids is 1. The first-order valence-electron chi connectivity index (χ1n) is 6.32. The fourth-order valence-corrected chi connectivity index (χ4v) is 2.36. The summed E-state index contributed by atoms with van der Waals surface area (Å²) in [5.41, 5.74) is 1.12. The highest BCUT2D eigenvalue weighted by Gasteiger charge is 2.42. The summed E-state index contributed by atoms with van der Waals surface area (Å²) in [4.78, 5) is 13.2. The maximum atomic E-state index is 13.8. The Bertz CT molecular complexity index is 457. The van der Waals surface area contributed by atoms with E-state index in [2.05, 4.69) is 5.32 Å². The predicted molar refractivity (Wildman–Crippen MR) is 69.6 cm³/mol. The van der Waals surface area contributed by atoms with E-state index in [4.69, 9.17) is 0 Å². The lowest BCUT2D eigenvalue weighted by atomic mass is 9.86. The quantitative estimate of drug-likeness (QED) is 0.891. The Morgan fingerprint density at radius 2 is 1.95 bits per heavy atom. The van der Waals surface area contributed by atoms with Gasteiger partial charge in [0.25, 0.3) is 11.8 Å². The van der Waals surface area contributed by atoms with Crippen LogP contribution < -0.4 is 5.32 Å². The molecule has 0 spiro atoms. The van der Waals surface area contributed by atoms with Gasteiger partial charge in [0.15, 0.2) is 0 Å². The number of rotatable bonds is 2. The number of hydrogen-bond donors (Lipinski definition) is 1. The van der Waals surface area contributed by atoms with Crippen LogP contribution in [0.4, 0.5) is 8.78 Å². The van der Waals surface area contributed by atoms with Crippen molar-refractivity contribution in [1.82, 2.24) is 10.2 Å². The number of carbonyl (C=O) groups is 1. The monoisotopic (exact) mass is 268 g/mol. The Balaban J connectivity index is 2.20. The summed E-state index contributed by atoms with van der Waals surface area (Å²) in [6, 6.07) is 6.52. The third-order valence-corrected chi connectivity index (χ3v) is 3.45. The maximum absolute atomic E-state index is 13.8. The van der Waals surface area contributed by atoms with Crippen molar-refractivity contribution in [2.45, 2.75) is 18.3 Å². The van der Waals surface area contributed by atoms with Gasteiger partial charge in [-0.05, 0) is 30.7 Å². The first kappa shape index (κ1) is 13.9. The molecule has 104 valence electrons. The van der Waals surface area contributed by atoms with E-state index >= 15 is 0 Å². The molecule has 1 aliphatic rings. The minimum atomic E-state index is -2.73. The lowest BCUT2D eigenvalue weighted by molar-refractivity contribution is -0.0420. The molecule has 0 bridgehead atoms. The fraction of sp³-hybridized carbons (Fsp3) is 0.500. The van der Waals surface area contributed by atoms with Crippen LogP contribution in [-0.4, -0.2) is 43.9 Å². The summed E-state index contributed by atoms with van der Waals surface area (Å²) >= 11 is 0. The van der Waals surface area contributed by atoms with Crippen LogP contribution >= 0.6 is 0 Å². The molecule has 0 unspecified atom stereocenters. The molecule has 1 aromatic carbocycles. The van der Waals surface area contributed by atoms with Gasteiger partial charge in [0.05, 0.1) is 12.5 Å². The summed E-state index contributed by atoms with van der Waals surface area (Å²) < 4.78 is 27.6. The highest BCUT2D eigenvalue weighted by atomic mass is 19.3. The topological polar surface area (TPSA) is 32.3 Å². The fourth-order valence-electron chi connectivity index (χ4n) is 2.36. The van der Waals surface area contributed by atoms with Crippen molar-refractivity contribution >= 4 is 5.91 Å². The molecule has 5 heteroatoms. The molecule has 3 nitrogen and oxygen atoms in total. The molecule has 1 aromatic rings. The average molecular weight is 268 g/mol. The van der Waals surface area contributed by atoms with Crippen LogP contribution in [0.5, 0.6) is 0 Å². The Morgan fingerprint density at radius 3 is 2.47 bits per heavy atom. The second kappa shape index (κ2) is 5.25. The van der Waals surface area contributed by atoms with Gasteiger partial charge in [-0.2, -0.15) is 0 Å². The van der Waals surface area contributed by atoms with Gasteiger partial charge in [-0.1, -0.05) is 12.1 Å². The van der Waals surface area contributed by atoms with Gasteiger partial charge >= 0.3 is 0 Å². The van der Waals surface area contributed by atoms with Crippen LogP contribution in [0.25, 0.3) is 0 Å². The molecule has 1 aliphatic heterocycles. The highest BCUT2D eigenvalue weighted by Crippen LogP contribution is 2.37. The summed E-state index contributed by atoms with van der Waals surface area (Å²) in [5.74, 6) is -3.62. The first-order valence-corrected chi connectivity index (χ1v) is 6.32. The van der Waals surface area contributed by atoms with Crippen molar-refractivity contribution < 1.29 is 13.6 Å².